The third kappa shape index (κ3) is 2.85. The highest BCUT2D eigenvalue weighted by Gasteiger charge is 2.17. The summed E-state index contributed by atoms with van der Waals surface area (Å²) in [7, 11) is -3.89. The molecule has 2 N–H and O–H groups in total. The second kappa shape index (κ2) is 5.41. The van der Waals surface area contributed by atoms with Crippen LogP contribution in [0.25, 0.3) is 0 Å². The van der Waals surface area contributed by atoms with Crippen molar-refractivity contribution in [1.29, 1.82) is 5.26 Å². The van der Waals surface area contributed by atoms with Crippen LogP contribution in [-0.4, -0.2) is 13.5 Å². The number of phenols is 1. The van der Waals surface area contributed by atoms with E-state index < -0.39 is 10.0 Å². The predicted octanol–water partition coefficient (Wildman–Crippen LogP) is 2.72. The number of nitrogens with zero attached hydrogens (tertiary/aromatic N) is 1. The molecular weight excluding hydrogens is 300 g/mol. The van der Waals surface area contributed by atoms with Gasteiger partial charge in [0.15, 0.2) is 0 Å². The Morgan fingerprint density at radius 3 is 2.50 bits per heavy atom. The molecule has 7 heteroatoms. The topological polar surface area (TPSA) is 90.2 Å². The zero-order valence-electron chi connectivity index (χ0n) is 10.0. The molecule has 0 saturated heterocycles. The highest BCUT2D eigenvalue weighted by Crippen LogP contribution is 2.26. The summed E-state index contributed by atoms with van der Waals surface area (Å²) >= 11 is 5.81. The number of aromatic hydroxyl groups is 1. The Labute approximate surface area is 121 Å². The van der Waals surface area contributed by atoms with E-state index >= 15 is 0 Å². The van der Waals surface area contributed by atoms with Crippen molar-refractivity contribution in [2.24, 2.45) is 0 Å². The zero-order chi connectivity index (χ0) is 14.8. The number of rotatable bonds is 3. The molecule has 20 heavy (non-hydrogen) atoms. The first-order chi connectivity index (χ1) is 9.44. The number of phenolic OH excluding ortho intramolecular Hbond substituents is 1. The van der Waals surface area contributed by atoms with Gasteiger partial charge in [-0.25, -0.2) is 8.42 Å². The van der Waals surface area contributed by atoms with Crippen LogP contribution >= 0.6 is 11.6 Å². The molecule has 102 valence electrons. The number of halogens is 1. The van der Waals surface area contributed by atoms with Gasteiger partial charge in [0.1, 0.15) is 11.8 Å². The average Bonchev–Trinajstić information content (AvgIpc) is 2.41. The Morgan fingerprint density at radius 2 is 1.90 bits per heavy atom. The Morgan fingerprint density at radius 1 is 1.20 bits per heavy atom. The van der Waals surface area contributed by atoms with Crippen LogP contribution in [0.5, 0.6) is 5.75 Å². The van der Waals surface area contributed by atoms with Crippen LogP contribution in [0.3, 0.4) is 0 Å². The van der Waals surface area contributed by atoms with Crippen LogP contribution in [0.1, 0.15) is 5.56 Å². The third-order valence-corrected chi connectivity index (χ3v) is 4.20. The first kappa shape index (κ1) is 14.2. The monoisotopic (exact) mass is 308 g/mol. The zero-order valence-corrected chi connectivity index (χ0v) is 11.6. The molecule has 0 bridgehead atoms. The van der Waals surface area contributed by atoms with Gasteiger partial charge in [-0.15, -0.1) is 0 Å². The second-order valence-corrected chi connectivity index (χ2v) is 5.97. The molecule has 0 aliphatic rings. The van der Waals surface area contributed by atoms with Crippen molar-refractivity contribution < 1.29 is 13.5 Å². The van der Waals surface area contributed by atoms with Crippen molar-refractivity contribution in [1.82, 2.24) is 0 Å². The van der Waals surface area contributed by atoms with E-state index in [2.05, 4.69) is 4.72 Å². The second-order valence-electron chi connectivity index (χ2n) is 3.88. The van der Waals surface area contributed by atoms with Gasteiger partial charge >= 0.3 is 0 Å². The lowest BCUT2D eigenvalue weighted by Gasteiger charge is -2.09. The van der Waals surface area contributed by atoms with Gasteiger partial charge < -0.3 is 5.11 Å². The molecular formula is C13H9ClN2O3S. The Hall–Kier alpha value is -2.23. The van der Waals surface area contributed by atoms with Gasteiger partial charge in [0, 0.05) is 0 Å². The highest BCUT2D eigenvalue weighted by molar-refractivity contribution is 7.92. The molecule has 0 atom stereocenters. The normalized spacial score (nSPS) is 10.8. The minimum absolute atomic E-state index is 0.0488. The fourth-order valence-electron chi connectivity index (χ4n) is 1.52. The lowest BCUT2D eigenvalue weighted by molar-refractivity contribution is 0.477. The van der Waals surface area contributed by atoms with Crippen molar-refractivity contribution >= 4 is 27.3 Å². The molecule has 5 nitrogen and oxygen atoms in total. The molecule has 0 fully saturated rings. The van der Waals surface area contributed by atoms with E-state index in [-0.39, 0.29) is 26.9 Å². The number of nitriles is 1. The summed E-state index contributed by atoms with van der Waals surface area (Å²) in [5, 5.41) is 18.4. The summed E-state index contributed by atoms with van der Waals surface area (Å²) in [6, 6.07) is 11.6. The van der Waals surface area contributed by atoms with Crippen molar-refractivity contribution in [2.45, 2.75) is 4.90 Å². The molecule has 2 aromatic rings. The standard InChI is InChI=1S/C13H9ClN2O3S/c14-11-7-10(6-5-9(11)8-15)20(18,19)16-12-3-1-2-4-13(12)17/h1-7,16-17H. The quantitative estimate of drug-likeness (QED) is 0.853. The van der Waals surface area contributed by atoms with Gasteiger partial charge in [-0.3, -0.25) is 4.72 Å². The first-order valence-corrected chi connectivity index (χ1v) is 7.30. The number of sulfonamides is 1. The molecule has 0 saturated carbocycles. The molecule has 0 unspecified atom stereocenters. The van der Waals surface area contributed by atoms with Gasteiger partial charge in [-0.2, -0.15) is 5.26 Å². The number of nitrogens with one attached hydrogen (secondary N) is 1. The van der Waals surface area contributed by atoms with E-state index in [1.807, 2.05) is 6.07 Å². The third-order valence-electron chi connectivity index (χ3n) is 2.52. The molecule has 0 spiro atoms. The highest BCUT2D eigenvalue weighted by atomic mass is 35.5. The number of para-hydroxylation sites is 2. The van der Waals surface area contributed by atoms with E-state index in [0.717, 1.165) is 0 Å². The largest absolute Gasteiger partial charge is 0.506 e. The molecule has 0 radical (unpaired) electrons. The molecule has 0 aliphatic carbocycles. The number of hydrogen-bond acceptors (Lipinski definition) is 4. The maximum Gasteiger partial charge on any atom is 0.262 e. The molecule has 0 amide bonds. The molecule has 0 heterocycles. The van der Waals surface area contributed by atoms with Crippen LogP contribution in [0, 0.1) is 11.3 Å². The van der Waals surface area contributed by atoms with Crippen LogP contribution in [0.4, 0.5) is 5.69 Å². The van der Waals surface area contributed by atoms with Crippen molar-refractivity contribution in [3.63, 3.8) is 0 Å². The fraction of sp³-hybridized carbons (Fsp3) is 0. The lowest BCUT2D eigenvalue weighted by atomic mass is 10.2. The summed E-state index contributed by atoms with van der Waals surface area (Å²) in [5.74, 6) is -0.184. The van der Waals surface area contributed by atoms with Crippen molar-refractivity contribution in [2.75, 3.05) is 4.72 Å². The van der Waals surface area contributed by atoms with Gasteiger partial charge in [-0.1, -0.05) is 23.7 Å². The van der Waals surface area contributed by atoms with Crippen LogP contribution in [-0.2, 0) is 10.0 Å². The van der Waals surface area contributed by atoms with E-state index in [0.29, 0.717) is 0 Å². The Bertz CT molecular complexity index is 798. The van der Waals surface area contributed by atoms with E-state index in [9.17, 15) is 13.5 Å². The minimum atomic E-state index is -3.89. The summed E-state index contributed by atoms with van der Waals surface area (Å²) in [4.78, 5) is -0.0928. The number of benzene rings is 2. The summed E-state index contributed by atoms with van der Waals surface area (Å²) in [6.07, 6.45) is 0. The summed E-state index contributed by atoms with van der Waals surface area (Å²) < 4.78 is 26.5. The van der Waals surface area contributed by atoms with E-state index in [4.69, 9.17) is 16.9 Å². The van der Waals surface area contributed by atoms with Gasteiger partial charge in [0.2, 0.25) is 0 Å². The molecule has 0 aromatic heterocycles. The smallest absolute Gasteiger partial charge is 0.262 e. The van der Waals surface area contributed by atoms with Crippen LogP contribution in [0.15, 0.2) is 47.4 Å². The Kier molecular flexibility index (Phi) is 3.84. The van der Waals surface area contributed by atoms with E-state index in [1.54, 1.807) is 12.1 Å². The number of anilines is 1. The lowest BCUT2D eigenvalue weighted by Crippen LogP contribution is -2.13. The predicted molar refractivity (Wildman–Crippen MR) is 75.1 cm³/mol. The molecule has 2 aromatic carbocycles. The maximum absolute atomic E-state index is 12.1. The van der Waals surface area contributed by atoms with Gasteiger partial charge in [0.25, 0.3) is 10.0 Å². The summed E-state index contributed by atoms with van der Waals surface area (Å²) in [5.41, 5.74) is 0.251. The first-order valence-electron chi connectivity index (χ1n) is 5.44. The van der Waals surface area contributed by atoms with Gasteiger partial charge in [0.05, 0.1) is 21.2 Å². The number of hydrogen-bond donors (Lipinski definition) is 2. The summed E-state index contributed by atoms with van der Waals surface area (Å²) in [6.45, 7) is 0. The molecule has 2 rings (SSSR count). The SMILES string of the molecule is N#Cc1ccc(S(=O)(=O)Nc2ccccc2O)cc1Cl. The van der Waals surface area contributed by atoms with Gasteiger partial charge in [-0.05, 0) is 30.3 Å². The fourth-order valence-corrected chi connectivity index (χ4v) is 2.90. The molecule has 0 aliphatic heterocycles. The van der Waals surface area contributed by atoms with Crippen molar-refractivity contribution in [3.05, 3.63) is 53.1 Å². The van der Waals surface area contributed by atoms with E-state index in [1.165, 1.54) is 30.3 Å². The minimum Gasteiger partial charge on any atom is -0.506 e. The Balaban J connectivity index is 2.39. The average molecular weight is 309 g/mol. The van der Waals surface area contributed by atoms with Crippen LogP contribution in [0.2, 0.25) is 5.02 Å². The maximum atomic E-state index is 12.1. The van der Waals surface area contributed by atoms with Crippen molar-refractivity contribution in [3.8, 4) is 11.8 Å². The van der Waals surface area contributed by atoms with Crippen LogP contribution < -0.4 is 4.72 Å².